The number of hydrogen-bond donors (Lipinski definition) is 3. The van der Waals surface area contributed by atoms with Crippen LogP contribution in [0.15, 0.2) is 0 Å². The van der Waals surface area contributed by atoms with Crippen LogP contribution < -0.4 is 0 Å². The van der Waals surface area contributed by atoms with Gasteiger partial charge in [0.2, 0.25) is 0 Å². The fraction of sp³-hybridized carbons (Fsp3) is 0.944. The summed E-state index contributed by atoms with van der Waals surface area (Å²) in [4.78, 5) is 72.6. The van der Waals surface area contributed by atoms with E-state index in [-0.39, 0.29) is 25.7 Å². The third-order valence-electron chi connectivity index (χ3n) is 16.9. The van der Waals surface area contributed by atoms with Crippen LogP contribution in [0.2, 0.25) is 0 Å². The van der Waals surface area contributed by atoms with E-state index in [4.69, 9.17) is 37.0 Å². The molecule has 17 nitrogen and oxygen atoms in total. The number of carbonyl (C=O) groups is 4. The van der Waals surface area contributed by atoms with Crippen molar-refractivity contribution in [1.29, 1.82) is 0 Å². The first-order valence-electron chi connectivity index (χ1n) is 37.2. The minimum Gasteiger partial charge on any atom is -0.462 e. The molecule has 6 atom stereocenters. The zero-order valence-electron chi connectivity index (χ0n) is 58.3. The topological polar surface area (TPSA) is 237 Å². The number of phosphoric acid groups is 2. The highest BCUT2D eigenvalue weighted by Crippen LogP contribution is 2.45. The quantitative estimate of drug-likeness (QED) is 0.0222. The Balaban J connectivity index is 5.24. The second kappa shape index (κ2) is 64.4. The number of aliphatic hydroxyl groups is 1. The van der Waals surface area contributed by atoms with Gasteiger partial charge in [0.05, 0.1) is 26.4 Å². The maximum absolute atomic E-state index is 13.0. The molecule has 3 N–H and O–H groups in total. The Morgan fingerprint density at radius 1 is 0.311 bits per heavy atom. The fourth-order valence-corrected chi connectivity index (χ4v) is 12.4. The lowest BCUT2D eigenvalue weighted by molar-refractivity contribution is -0.161. The van der Waals surface area contributed by atoms with E-state index in [1.54, 1.807) is 0 Å². The second-order valence-corrected chi connectivity index (χ2v) is 28.8. The molecule has 0 aliphatic heterocycles. The first-order chi connectivity index (χ1) is 43.6. The van der Waals surface area contributed by atoms with Crippen LogP contribution in [0, 0.1) is 5.92 Å². The molecule has 0 radical (unpaired) electrons. The average molecular weight is 1330 g/mol. The van der Waals surface area contributed by atoms with Crippen LogP contribution in [0.5, 0.6) is 0 Å². The lowest BCUT2D eigenvalue weighted by Gasteiger charge is -2.21. The largest absolute Gasteiger partial charge is 0.472 e. The zero-order chi connectivity index (χ0) is 66.3. The highest BCUT2D eigenvalue weighted by atomic mass is 31.2. The fourth-order valence-electron chi connectivity index (χ4n) is 10.8. The standard InChI is InChI=1S/C71H138O17P2/c1-6-10-13-16-19-22-25-27-29-31-33-36-39-45-50-55-69(74)81-60-66(87-70(75)56-51-46-40-37-34-32-30-28-26-23-20-17-14-11-7-2)62-85-89(77,78)83-58-65(72)59-84-90(79,80)86-63-67(88-71(76)57-52-47-42-41-43-48-53-64(5)9-4)61-82-68(73)54-49-44-38-35-24-21-18-15-12-8-3/h64-67,72H,6-63H2,1-5H3,(H,77,78)(H,79,80)/t64?,65-,66-,67-/m1/s1. The van der Waals surface area contributed by atoms with Crippen molar-refractivity contribution < 1.29 is 80.2 Å². The summed E-state index contributed by atoms with van der Waals surface area (Å²) < 4.78 is 68.3. The lowest BCUT2D eigenvalue weighted by Crippen LogP contribution is -2.30. The SMILES string of the molecule is CCCCCCCCCCCCCCCCCC(=O)OC[C@H](COP(=O)(O)OC[C@@H](O)COP(=O)(O)OC[C@@H](COC(=O)CCCCCCCCCCCC)OC(=O)CCCCCCCCC(C)CC)OC(=O)CCCCCCCCCCCCCCCCC. The Kier molecular flexibility index (Phi) is 63.0. The highest BCUT2D eigenvalue weighted by molar-refractivity contribution is 7.47. The third kappa shape index (κ3) is 63.5. The Bertz CT molecular complexity index is 1740. The molecule has 0 aromatic rings. The molecule has 0 aromatic carbocycles. The Morgan fingerprint density at radius 3 is 0.789 bits per heavy atom. The summed E-state index contributed by atoms with van der Waals surface area (Å²) >= 11 is 0. The van der Waals surface area contributed by atoms with E-state index < -0.39 is 97.5 Å². The molecule has 3 unspecified atom stereocenters. The first-order valence-corrected chi connectivity index (χ1v) is 40.2. The van der Waals surface area contributed by atoms with Crippen molar-refractivity contribution in [2.75, 3.05) is 39.6 Å². The molecule has 0 bridgehead atoms. The zero-order valence-corrected chi connectivity index (χ0v) is 60.1. The van der Waals surface area contributed by atoms with Crippen LogP contribution in [0.25, 0.3) is 0 Å². The molecule has 0 amide bonds. The van der Waals surface area contributed by atoms with E-state index in [0.717, 1.165) is 95.8 Å². The van der Waals surface area contributed by atoms with E-state index in [1.165, 1.54) is 193 Å². The van der Waals surface area contributed by atoms with Gasteiger partial charge in [0, 0.05) is 25.7 Å². The molecule has 0 heterocycles. The van der Waals surface area contributed by atoms with Gasteiger partial charge in [-0.25, -0.2) is 9.13 Å². The van der Waals surface area contributed by atoms with E-state index in [1.807, 2.05) is 0 Å². The van der Waals surface area contributed by atoms with Crippen LogP contribution in [-0.2, 0) is 65.4 Å². The number of ether oxygens (including phenoxy) is 4. The molecule has 19 heteroatoms. The van der Waals surface area contributed by atoms with Crippen molar-refractivity contribution in [3.05, 3.63) is 0 Å². The molecule has 0 spiro atoms. The first kappa shape index (κ1) is 88.1. The van der Waals surface area contributed by atoms with Gasteiger partial charge in [0.15, 0.2) is 12.2 Å². The van der Waals surface area contributed by atoms with Gasteiger partial charge >= 0.3 is 39.5 Å². The molecule has 0 saturated heterocycles. The molecule has 0 saturated carbocycles. The lowest BCUT2D eigenvalue weighted by atomic mass is 10.00. The number of esters is 4. The second-order valence-electron chi connectivity index (χ2n) is 25.9. The van der Waals surface area contributed by atoms with E-state index in [9.17, 15) is 43.2 Å². The van der Waals surface area contributed by atoms with Crippen LogP contribution in [0.3, 0.4) is 0 Å². The van der Waals surface area contributed by atoms with Gasteiger partial charge in [0.25, 0.3) is 0 Å². The van der Waals surface area contributed by atoms with Crippen molar-refractivity contribution in [1.82, 2.24) is 0 Å². The van der Waals surface area contributed by atoms with Gasteiger partial charge < -0.3 is 33.8 Å². The number of hydrogen-bond acceptors (Lipinski definition) is 15. The molecular weight excluding hydrogens is 1190 g/mol. The predicted molar refractivity (Wildman–Crippen MR) is 363 cm³/mol. The highest BCUT2D eigenvalue weighted by Gasteiger charge is 2.30. The minimum absolute atomic E-state index is 0.103. The molecular formula is C71H138O17P2. The van der Waals surface area contributed by atoms with Crippen molar-refractivity contribution in [3.8, 4) is 0 Å². The van der Waals surface area contributed by atoms with E-state index in [0.29, 0.717) is 25.7 Å². The van der Waals surface area contributed by atoms with Crippen LogP contribution in [0.1, 0.15) is 369 Å². The normalized spacial score (nSPS) is 14.4. The number of carbonyl (C=O) groups excluding carboxylic acids is 4. The Labute approximate surface area is 549 Å². The smallest absolute Gasteiger partial charge is 0.462 e. The maximum Gasteiger partial charge on any atom is 0.472 e. The molecule has 0 aliphatic rings. The molecule has 0 rings (SSSR count). The summed E-state index contributed by atoms with van der Waals surface area (Å²) in [6, 6.07) is 0. The summed E-state index contributed by atoms with van der Waals surface area (Å²) in [5, 5.41) is 10.6. The molecule has 0 fully saturated rings. The van der Waals surface area contributed by atoms with Gasteiger partial charge in [-0.3, -0.25) is 37.3 Å². The molecule has 90 heavy (non-hydrogen) atoms. The van der Waals surface area contributed by atoms with Crippen LogP contribution >= 0.6 is 15.6 Å². The van der Waals surface area contributed by atoms with Crippen molar-refractivity contribution in [3.63, 3.8) is 0 Å². The monoisotopic (exact) mass is 1320 g/mol. The Hall–Kier alpha value is -1.94. The summed E-state index contributed by atoms with van der Waals surface area (Å²) in [5.41, 5.74) is 0. The molecule has 0 aromatic heterocycles. The summed E-state index contributed by atoms with van der Waals surface area (Å²) in [5.74, 6) is -1.40. The van der Waals surface area contributed by atoms with Gasteiger partial charge in [-0.05, 0) is 31.6 Å². The van der Waals surface area contributed by atoms with Crippen molar-refractivity contribution in [2.45, 2.75) is 387 Å². The van der Waals surface area contributed by atoms with Crippen molar-refractivity contribution >= 4 is 39.5 Å². The Morgan fingerprint density at radius 2 is 0.533 bits per heavy atom. The number of rotatable bonds is 71. The maximum atomic E-state index is 13.0. The predicted octanol–water partition coefficient (Wildman–Crippen LogP) is 20.5. The number of aliphatic hydroxyl groups excluding tert-OH is 1. The summed E-state index contributed by atoms with van der Waals surface area (Å²) in [7, 11) is -9.90. The van der Waals surface area contributed by atoms with Gasteiger partial charge in [-0.15, -0.1) is 0 Å². The van der Waals surface area contributed by atoms with Crippen LogP contribution in [0.4, 0.5) is 0 Å². The van der Waals surface area contributed by atoms with Crippen molar-refractivity contribution in [2.24, 2.45) is 5.92 Å². The minimum atomic E-state index is -4.95. The molecule has 0 aliphatic carbocycles. The van der Waals surface area contributed by atoms with Gasteiger partial charge in [-0.2, -0.15) is 0 Å². The van der Waals surface area contributed by atoms with Crippen LogP contribution in [-0.4, -0.2) is 96.7 Å². The summed E-state index contributed by atoms with van der Waals surface area (Å²) in [6.45, 7) is 7.20. The van der Waals surface area contributed by atoms with E-state index >= 15 is 0 Å². The molecule has 534 valence electrons. The van der Waals surface area contributed by atoms with Gasteiger partial charge in [-0.1, -0.05) is 317 Å². The summed E-state index contributed by atoms with van der Waals surface area (Å²) in [6.07, 6.45) is 51.3. The number of unbranched alkanes of at least 4 members (excludes halogenated alkanes) is 42. The van der Waals surface area contributed by atoms with Gasteiger partial charge in [0.1, 0.15) is 19.3 Å². The third-order valence-corrected chi connectivity index (χ3v) is 18.8. The van der Waals surface area contributed by atoms with E-state index in [2.05, 4.69) is 34.6 Å². The number of phosphoric ester groups is 2. The average Bonchev–Trinajstić information content (AvgIpc) is 3.18.